The van der Waals surface area contributed by atoms with Crippen LogP contribution in [0.25, 0.3) is 0 Å². The highest BCUT2D eigenvalue weighted by Crippen LogP contribution is 2.33. The van der Waals surface area contributed by atoms with E-state index in [4.69, 9.17) is 0 Å². The molecule has 3 rings (SSSR count). The summed E-state index contributed by atoms with van der Waals surface area (Å²) in [5.41, 5.74) is 8.51. The van der Waals surface area contributed by atoms with Crippen LogP contribution < -0.4 is 0 Å². The molecule has 32 heavy (non-hydrogen) atoms. The first-order valence-electron chi connectivity index (χ1n) is 12.1. The molecule has 0 saturated carbocycles. The molecule has 0 radical (unpaired) electrons. The highest BCUT2D eigenvalue weighted by Gasteiger charge is 2.27. The molecule has 0 spiro atoms. The average Bonchev–Trinajstić information content (AvgIpc) is 3.22. The largest absolute Gasteiger partial charge is 0.348 e. The van der Waals surface area contributed by atoms with E-state index in [9.17, 15) is 0 Å². The Kier molecular flexibility index (Phi) is 8.95. The number of hydrogen-bond donors (Lipinski definition) is 1. The fourth-order valence-electron chi connectivity index (χ4n) is 4.28. The summed E-state index contributed by atoms with van der Waals surface area (Å²) < 4.78 is 0. The maximum Gasteiger partial charge on any atom is 0.101 e. The Morgan fingerprint density at radius 2 is 1.31 bits per heavy atom. The predicted molar refractivity (Wildman–Crippen MR) is 143 cm³/mol. The van der Waals surface area contributed by atoms with Crippen molar-refractivity contribution in [2.75, 3.05) is 0 Å². The van der Waals surface area contributed by atoms with Crippen LogP contribution in [0, 0.1) is 13.8 Å². The number of nitrogens with one attached hydrogen (secondary N) is 1. The first-order chi connectivity index (χ1) is 15.0. The van der Waals surface area contributed by atoms with E-state index < -0.39 is 0 Å². The Bertz CT molecular complexity index is 899. The zero-order valence-corrected chi connectivity index (χ0v) is 21.8. The summed E-state index contributed by atoms with van der Waals surface area (Å²) in [5, 5.41) is 0. The minimum atomic E-state index is 0.128. The molecule has 0 unspecified atom stereocenters. The molecule has 0 aliphatic rings. The summed E-state index contributed by atoms with van der Waals surface area (Å²) in [7, 11) is 2.27. The maximum absolute atomic E-state index is 4.40. The third-order valence-electron chi connectivity index (χ3n) is 6.07. The van der Waals surface area contributed by atoms with Crippen molar-refractivity contribution in [2.24, 2.45) is 0 Å². The first kappa shape index (κ1) is 26.0. The summed E-state index contributed by atoms with van der Waals surface area (Å²) in [5.74, 6) is 0.544. The van der Waals surface area contributed by atoms with E-state index in [0.29, 0.717) is 5.92 Å². The van der Waals surface area contributed by atoms with E-state index in [0.717, 1.165) is 0 Å². The molecule has 2 nitrogen and oxygen atoms in total. The normalized spacial score (nSPS) is 11.9. The van der Waals surface area contributed by atoms with Crippen LogP contribution in [0.1, 0.15) is 93.9 Å². The Labute approximate surface area is 197 Å². The van der Waals surface area contributed by atoms with Crippen LogP contribution in [-0.2, 0) is 10.8 Å². The average molecular weight is 430 g/mol. The van der Waals surface area contributed by atoms with Crippen LogP contribution in [0.5, 0.6) is 0 Å². The van der Waals surface area contributed by atoms with Gasteiger partial charge in [0.25, 0.3) is 0 Å². The minimum absolute atomic E-state index is 0.128. The Morgan fingerprint density at radius 1 is 0.812 bits per heavy atom. The molecular weight excluding hydrogens is 387 g/mol. The molecule has 0 bridgehead atoms. The second-order valence-corrected chi connectivity index (χ2v) is 11.0. The Balaban J connectivity index is 0.000000244. The lowest BCUT2D eigenvalue weighted by Crippen LogP contribution is -2.21. The standard InChI is InChI=1S/C18H23B.C11H20N2/c1-14-8-3-5-10-16(14)18(12-7-13-19)17-11-6-4-9-15(17)2;1-10(2,3)8-9(11(4,5)6)13-7-12-8/h3-6,8-11,18H,7,12-13,19H2,1-2H3;7H,1-6H3,(H,12,13). The van der Waals surface area contributed by atoms with Gasteiger partial charge in [-0.2, -0.15) is 0 Å². The van der Waals surface area contributed by atoms with Crippen LogP contribution in [0.4, 0.5) is 0 Å². The fraction of sp³-hybridized carbons (Fsp3) is 0.483. The minimum Gasteiger partial charge on any atom is -0.348 e. The van der Waals surface area contributed by atoms with Crippen LogP contribution >= 0.6 is 0 Å². The lowest BCUT2D eigenvalue weighted by molar-refractivity contribution is 0.512. The second kappa shape index (κ2) is 11.0. The first-order valence-corrected chi connectivity index (χ1v) is 12.1. The number of rotatable bonds is 5. The summed E-state index contributed by atoms with van der Waals surface area (Å²) in [4.78, 5) is 7.64. The highest BCUT2D eigenvalue weighted by molar-refractivity contribution is 6.08. The monoisotopic (exact) mass is 430 g/mol. The molecule has 1 heterocycles. The second-order valence-electron chi connectivity index (χ2n) is 11.0. The lowest BCUT2D eigenvalue weighted by Gasteiger charge is -2.24. The van der Waals surface area contributed by atoms with Gasteiger partial charge >= 0.3 is 0 Å². The van der Waals surface area contributed by atoms with Crippen LogP contribution in [0.3, 0.4) is 0 Å². The molecular formula is C29H43BN2. The van der Waals surface area contributed by atoms with Gasteiger partial charge in [0.2, 0.25) is 0 Å². The zero-order valence-electron chi connectivity index (χ0n) is 21.8. The smallest absolute Gasteiger partial charge is 0.101 e. The third kappa shape index (κ3) is 6.86. The fourth-order valence-corrected chi connectivity index (χ4v) is 4.28. The van der Waals surface area contributed by atoms with E-state index in [1.54, 1.807) is 6.33 Å². The Morgan fingerprint density at radius 3 is 1.69 bits per heavy atom. The van der Waals surface area contributed by atoms with Crippen LogP contribution in [0.15, 0.2) is 54.9 Å². The molecule has 0 fully saturated rings. The van der Waals surface area contributed by atoms with E-state index in [1.165, 1.54) is 52.8 Å². The summed E-state index contributed by atoms with van der Waals surface area (Å²) in [6.07, 6.45) is 5.58. The third-order valence-corrected chi connectivity index (χ3v) is 6.07. The number of imidazole rings is 1. The van der Waals surface area contributed by atoms with Crippen molar-refractivity contribution in [3.05, 3.63) is 88.5 Å². The molecule has 0 amide bonds. The van der Waals surface area contributed by atoms with Gasteiger partial charge in [0.1, 0.15) is 7.85 Å². The molecule has 0 atom stereocenters. The van der Waals surface area contributed by atoms with Gasteiger partial charge in [-0.15, -0.1) is 0 Å². The van der Waals surface area contributed by atoms with Crippen molar-refractivity contribution in [2.45, 2.75) is 91.3 Å². The van der Waals surface area contributed by atoms with Crippen molar-refractivity contribution in [1.82, 2.24) is 9.97 Å². The van der Waals surface area contributed by atoms with Crippen molar-refractivity contribution in [3.8, 4) is 0 Å². The molecule has 2 aromatic carbocycles. The molecule has 0 saturated heterocycles. The van der Waals surface area contributed by atoms with Gasteiger partial charge in [-0.3, -0.25) is 0 Å². The number of nitrogens with zero attached hydrogens (tertiary/aromatic N) is 1. The maximum atomic E-state index is 4.40. The number of aromatic amines is 1. The lowest BCUT2D eigenvalue weighted by atomic mass is 9.81. The molecule has 172 valence electrons. The summed E-state index contributed by atoms with van der Waals surface area (Å²) in [6.45, 7) is 17.6. The Hall–Kier alpha value is -2.29. The molecule has 3 aromatic rings. The van der Waals surface area contributed by atoms with Gasteiger partial charge < -0.3 is 4.98 Å². The van der Waals surface area contributed by atoms with Gasteiger partial charge in [-0.1, -0.05) is 103 Å². The molecule has 3 heteroatoms. The summed E-state index contributed by atoms with van der Waals surface area (Å²) >= 11 is 0. The van der Waals surface area contributed by atoms with Crippen molar-refractivity contribution in [3.63, 3.8) is 0 Å². The van der Waals surface area contributed by atoms with Crippen molar-refractivity contribution < 1.29 is 0 Å². The SMILES string of the molecule is BCCCC(c1ccccc1C)c1ccccc1C.CC(C)(C)c1nc[nH]c1C(C)(C)C. The number of aryl methyl sites for hydroxylation is 2. The van der Waals surface area contributed by atoms with Crippen molar-refractivity contribution >= 4 is 7.85 Å². The van der Waals surface area contributed by atoms with Gasteiger partial charge in [-0.25, -0.2) is 4.98 Å². The van der Waals surface area contributed by atoms with Gasteiger partial charge in [0.15, 0.2) is 0 Å². The quantitative estimate of drug-likeness (QED) is 0.424. The number of aromatic nitrogens is 2. The van der Waals surface area contributed by atoms with Gasteiger partial charge in [-0.05, 0) is 42.5 Å². The predicted octanol–water partition coefficient (Wildman–Crippen LogP) is 7.27. The highest BCUT2D eigenvalue weighted by atomic mass is 14.9. The van der Waals surface area contributed by atoms with Gasteiger partial charge in [0.05, 0.1) is 12.0 Å². The summed E-state index contributed by atoms with van der Waals surface area (Å²) in [6, 6.07) is 17.6. The van der Waals surface area contributed by atoms with Gasteiger partial charge in [0, 0.05) is 22.4 Å². The molecule has 0 aliphatic carbocycles. The van der Waals surface area contributed by atoms with E-state index in [2.05, 4.69) is 122 Å². The number of benzene rings is 2. The topological polar surface area (TPSA) is 28.7 Å². The van der Waals surface area contributed by atoms with Crippen LogP contribution in [0.2, 0.25) is 6.32 Å². The van der Waals surface area contributed by atoms with Crippen LogP contribution in [-0.4, -0.2) is 17.8 Å². The van der Waals surface area contributed by atoms with Crippen molar-refractivity contribution in [1.29, 1.82) is 0 Å². The molecule has 1 N–H and O–H groups in total. The van der Waals surface area contributed by atoms with E-state index in [1.807, 2.05) is 0 Å². The zero-order chi connectivity index (χ0) is 23.9. The molecule has 0 aliphatic heterocycles. The molecule has 1 aromatic heterocycles. The number of H-pyrrole nitrogens is 1. The van der Waals surface area contributed by atoms with E-state index >= 15 is 0 Å². The number of hydrogen-bond acceptors (Lipinski definition) is 1. The van der Waals surface area contributed by atoms with E-state index in [-0.39, 0.29) is 10.8 Å².